The topological polar surface area (TPSA) is 13.1 Å². The number of rotatable bonds is 4. The third-order valence-corrected chi connectivity index (χ3v) is 11.3. The number of hydrogen-bond acceptors (Lipinski definition) is 1. The minimum absolute atomic E-state index is 0.184. The second kappa shape index (κ2) is 13.1. The van der Waals surface area contributed by atoms with E-state index in [0.29, 0.717) is 49.1 Å². The van der Waals surface area contributed by atoms with Crippen molar-refractivity contribution in [1.29, 1.82) is 0 Å². The molecule has 14 radical (unpaired) electrons. The zero-order valence-corrected chi connectivity index (χ0v) is 30.2. The Balaban J connectivity index is 1.36. The Morgan fingerprint density at radius 1 is 0.286 bits per heavy atom. The minimum atomic E-state index is 0.184. The van der Waals surface area contributed by atoms with Crippen molar-refractivity contribution in [1.82, 2.24) is 0 Å². The van der Waals surface area contributed by atoms with Gasteiger partial charge in [0.25, 0.3) is 0 Å². The highest BCUT2D eigenvalue weighted by atomic mass is 16.3. The molecule has 0 N–H and O–H groups in total. The molecular weight excluding hydrogens is 668 g/mol. The van der Waals surface area contributed by atoms with E-state index in [4.69, 9.17) is 59.3 Å². The third kappa shape index (κ3) is 5.12. The molecule has 0 fully saturated rings. The summed E-state index contributed by atoms with van der Waals surface area (Å²) < 4.78 is 6.22. The molecule has 1 nitrogen and oxygen atoms in total. The van der Waals surface area contributed by atoms with Crippen LogP contribution in [0.4, 0.5) is 0 Å². The maximum atomic E-state index is 7.40. The van der Waals surface area contributed by atoms with Crippen LogP contribution in [0.1, 0.15) is 0 Å². The van der Waals surface area contributed by atoms with Gasteiger partial charge in [0.2, 0.25) is 0 Å². The van der Waals surface area contributed by atoms with Gasteiger partial charge in [-0.2, -0.15) is 0 Å². The van der Waals surface area contributed by atoms with E-state index in [1.165, 1.54) is 5.39 Å². The van der Waals surface area contributed by atoms with Crippen LogP contribution in [0.15, 0.2) is 144 Å². The summed E-state index contributed by atoms with van der Waals surface area (Å²) in [5.41, 5.74) is 10.2. The van der Waals surface area contributed by atoms with E-state index in [-0.39, 0.29) is 21.9 Å². The molecule has 56 heavy (non-hydrogen) atoms. The fourth-order valence-electron chi connectivity index (χ4n) is 8.50. The molecule has 0 aliphatic carbocycles. The van der Waals surface area contributed by atoms with E-state index in [2.05, 4.69) is 60.7 Å². The Labute approximate surface area is 334 Å². The molecule has 242 valence electrons. The molecule has 0 amide bonds. The fourth-order valence-corrected chi connectivity index (χ4v) is 8.50. The van der Waals surface area contributed by atoms with Crippen molar-refractivity contribution in [3.63, 3.8) is 0 Å². The summed E-state index contributed by atoms with van der Waals surface area (Å²) in [6.45, 7) is 0. The van der Waals surface area contributed by atoms with Gasteiger partial charge in [-0.25, -0.2) is 0 Å². The van der Waals surface area contributed by atoms with Gasteiger partial charge in [0.05, 0.1) is 0 Å². The molecule has 0 aliphatic heterocycles. The van der Waals surface area contributed by atoms with E-state index in [1.54, 1.807) is 0 Å². The lowest BCUT2D eigenvalue weighted by molar-refractivity contribution is 0.669. The summed E-state index contributed by atoms with van der Waals surface area (Å²) in [4.78, 5) is 0. The molecule has 0 spiro atoms. The molecule has 10 aromatic rings. The van der Waals surface area contributed by atoms with Gasteiger partial charge in [-0.15, -0.1) is 10.9 Å². The van der Waals surface area contributed by atoms with Crippen molar-refractivity contribution < 1.29 is 4.42 Å². The van der Waals surface area contributed by atoms with Crippen LogP contribution in [0.25, 0.3) is 98.8 Å². The van der Waals surface area contributed by atoms with E-state index < -0.39 is 0 Å². The zero-order chi connectivity index (χ0) is 38.4. The van der Waals surface area contributed by atoms with Gasteiger partial charge < -0.3 is 4.42 Å². The van der Waals surface area contributed by atoms with Crippen LogP contribution < -0.4 is 38.2 Å². The molecule has 10 rings (SSSR count). The molecule has 9 aromatic carbocycles. The van der Waals surface area contributed by atoms with Crippen molar-refractivity contribution in [3.05, 3.63) is 140 Å². The fraction of sp³-hybridized carbons (Fsp3) is 0. The summed E-state index contributed by atoms with van der Waals surface area (Å²) in [5, 5.41) is 6.74. The van der Waals surface area contributed by atoms with E-state index >= 15 is 0 Å². The number of hydrogen-bond donors (Lipinski definition) is 0. The van der Waals surface area contributed by atoms with Crippen LogP contribution in [0.5, 0.6) is 0 Å². The van der Waals surface area contributed by atoms with Gasteiger partial charge in [-0.05, 0) is 101 Å². The first-order chi connectivity index (χ1) is 27.2. The van der Waals surface area contributed by atoms with Gasteiger partial charge in [0.1, 0.15) is 66.1 Å². The normalized spacial score (nSPS) is 11.7. The predicted octanol–water partition coefficient (Wildman–Crippen LogP) is 5.27. The first-order valence-electron chi connectivity index (χ1n) is 18.3. The van der Waals surface area contributed by atoms with Gasteiger partial charge >= 0.3 is 0 Å². The van der Waals surface area contributed by atoms with Crippen LogP contribution in [0.2, 0.25) is 0 Å². The third-order valence-electron chi connectivity index (χ3n) is 11.3. The Kier molecular flexibility index (Phi) is 8.05. The molecule has 0 saturated carbocycles. The summed E-state index contributed by atoms with van der Waals surface area (Å²) in [5.74, 6) is 0. The highest BCUT2D eigenvalue weighted by Gasteiger charge is 2.26. The van der Waals surface area contributed by atoms with Crippen LogP contribution in [0.3, 0.4) is 0 Å². The van der Waals surface area contributed by atoms with E-state index in [9.17, 15) is 0 Å². The summed E-state index contributed by atoms with van der Waals surface area (Å²) in [6, 6.07) is 46.8. The second-order valence-electron chi connectivity index (χ2n) is 14.3. The maximum Gasteiger partial charge on any atom is 0.135 e. The molecule has 0 saturated heterocycles. The van der Waals surface area contributed by atoms with Gasteiger partial charge in [0, 0.05) is 10.8 Å². The second-order valence-corrected chi connectivity index (χ2v) is 14.3. The van der Waals surface area contributed by atoms with Crippen LogP contribution in [0, 0.1) is 0 Å². The van der Waals surface area contributed by atoms with Gasteiger partial charge in [0.15, 0.2) is 0 Å². The average Bonchev–Trinajstić information content (AvgIpc) is 3.61. The van der Waals surface area contributed by atoms with Crippen LogP contribution in [-0.4, -0.2) is 54.9 Å². The van der Waals surface area contributed by atoms with Crippen LogP contribution in [-0.2, 0) is 0 Å². The van der Waals surface area contributed by atoms with Crippen molar-refractivity contribution in [2.24, 2.45) is 0 Å². The number of furan rings is 1. The lowest BCUT2D eigenvalue weighted by Crippen LogP contribution is -2.48. The summed E-state index contributed by atoms with van der Waals surface area (Å²) in [6.07, 6.45) is 0. The van der Waals surface area contributed by atoms with Crippen LogP contribution >= 0.6 is 0 Å². The number of benzene rings is 9. The van der Waals surface area contributed by atoms with Crippen molar-refractivity contribution in [2.45, 2.75) is 0 Å². The lowest BCUT2D eigenvalue weighted by atomic mass is 9.60. The van der Waals surface area contributed by atoms with Crippen molar-refractivity contribution in [2.75, 3.05) is 0 Å². The van der Waals surface area contributed by atoms with E-state index in [1.807, 2.05) is 78.9 Å². The minimum Gasteiger partial charge on any atom is -0.456 e. The maximum absolute atomic E-state index is 7.40. The standard InChI is InChI=1S/C48H23B7O/c49-42-37(26-9-2-1-3-10-26)43(50)44(51)40-36(30-20-21-34-32(23-30)31-12-6-7-13-33(31)56-34)41-39(45(52)47(54)48(55)46(41)53)35(38(40)42)27-17-14-25(15-18-27)29-19-16-24-8-4-5-11-28(24)22-29/h1-23H. The number of para-hydroxylation sites is 1. The highest BCUT2D eigenvalue weighted by molar-refractivity contribution is 6.69. The first-order valence-corrected chi connectivity index (χ1v) is 18.3. The summed E-state index contributed by atoms with van der Waals surface area (Å²) >= 11 is 0. The van der Waals surface area contributed by atoms with Gasteiger partial charge in [-0.1, -0.05) is 143 Å². The Morgan fingerprint density at radius 3 is 1.50 bits per heavy atom. The average molecular weight is 691 g/mol. The summed E-state index contributed by atoms with van der Waals surface area (Å²) in [7, 11) is 49.2. The Bertz CT molecular complexity index is 3260. The van der Waals surface area contributed by atoms with Crippen molar-refractivity contribution in [3.8, 4) is 44.5 Å². The molecule has 0 atom stereocenters. The monoisotopic (exact) mass is 692 g/mol. The largest absolute Gasteiger partial charge is 0.456 e. The quantitative estimate of drug-likeness (QED) is 0.181. The smallest absolute Gasteiger partial charge is 0.135 e. The molecular formula is C48H23B7O. The van der Waals surface area contributed by atoms with Crippen molar-refractivity contribution >= 4 is 147 Å². The molecule has 8 heteroatoms. The predicted molar refractivity (Wildman–Crippen MR) is 246 cm³/mol. The molecule has 0 unspecified atom stereocenters. The van der Waals surface area contributed by atoms with Gasteiger partial charge in [-0.3, -0.25) is 0 Å². The molecule has 1 aromatic heterocycles. The zero-order valence-electron chi connectivity index (χ0n) is 30.2. The Hall–Kier alpha value is -5.99. The molecule has 1 heterocycles. The first kappa shape index (κ1) is 34.5. The SMILES string of the molecule is [B]c1c([B])c([B])c2c(-c3ccc(-c4ccc5ccccc5c4)cc3)c3c([B])c(-c4ccccc4)c([B])c([B])c3c(-c3ccc4oc5ccccc5c4c3)c2c1[B]. The molecule has 0 bridgehead atoms. The molecule has 0 aliphatic rings. The lowest BCUT2D eigenvalue weighted by Gasteiger charge is -2.29. The Morgan fingerprint density at radius 2 is 0.786 bits per heavy atom. The number of fused-ring (bicyclic) bond motifs is 6. The highest BCUT2D eigenvalue weighted by Crippen LogP contribution is 2.43. The van der Waals surface area contributed by atoms with E-state index in [0.717, 1.165) is 60.7 Å².